The van der Waals surface area contributed by atoms with Crippen molar-refractivity contribution in [3.63, 3.8) is 0 Å². The van der Waals surface area contributed by atoms with Crippen LogP contribution in [-0.4, -0.2) is 0 Å². The first-order chi connectivity index (χ1) is 15.2. The number of pyridine rings is 1. The quantitative estimate of drug-likeness (QED) is 0.416. The van der Waals surface area contributed by atoms with Gasteiger partial charge in [0.15, 0.2) is 11.7 Å². The van der Waals surface area contributed by atoms with Crippen LogP contribution in [-0.2, 0) is 11.0 Å². The summed E-state index contributed by atoms with van der Waals surface area (Å²) in [6.07, 6.45) is 6.92. The molecule has 0 spiro atoms. The lowest BCUT2D eigenvalue weighted by atomic mass is 9.56. The summed E-state index contributed by atoms with van der Waals surface area (Å²) in [6, 6.07) is 16.3. The number of benzene rings is 1. The molecule has 33 heavy (non-hydrogen) atoms. The number of rotatable bonds is 4. The fraction of sp³-hybridized carbons (Fsp3) is 0.594. The van der Waals surface area contributed by atoms with Gasteiger partial charge in [0.25, 0.3) is 0 Å². The Bertz CT molecular complexity index is 1070. The van der Waals surface area contributed by atoms with Crippen LogP contribution >= 0.6 is 0 Å². The highest BCUT2D eigenvalue weighted by atomic mass is 15.1. The lowest BCUT2D eigenvalue weighted by Crippen LogP contribution is -2.66. The molecule has 2 heterocycles. The van der Waals surface area contributed by atoms with Crippen molar-refractivity contribution < 1.29 is 4.57 Å². The van der Waals surface area contributed by atoms with Gasteiger partial charge in [-0.15, -0.1) is 0 Å². The summed E-state index contributed by atoms with van der Waals surface area (Å²) in [4.78, 5) is 0. The van der Waals surface area contributed by atoms with Crippen molar-refractivity contribution >= 4 is 11.1 Å². The summed E-state index contributed by atoms with van der Waals surface area (Å²) in [5, 5.41) is 0. The van der Waals surface area contributed by atoms with Gasteiger partial charge in [-0.05, 0) is 59.8 Å². The van der Waals surface area contributed by atoms with E-state index in [9.17, 15) is 0 Å². The molecule has 0 saturated carbocycles. The topological polar surface area (TPSA) is 3.88 Å². The molecule has 0 N–H and O–H groups in total. The molecule has 2 unspecified atom stereocenters. The molecule has 178 valence electrons. The largest absolute Gasteiger partial charge is 0.210 e. The van der Waals surface area contributed by atoms with Crippen LogP contribution in [0.2, 0.25) is 0 Å². The van der Waals surface area contributed by atoms with Crippen molar-refractivity contribution in [3.8, 4) is 0 Å². The third-order valence-corrected chi connectivity index (χ3v) is 8.89. The van der Waals surface area contributed by atoms with E-state index < -0.39 is 0 Å². The van der Waals surface area contributed by atoms with E-state index in [4.69, 9.17) is 0 Å². The van der Waals surface area contributed by atoms with Gasteiger partial charge in [0.2, 0.25) is 5.69 Å². The van der Waals surface area contributed by atoms with Gasteiger partial charge in [0.05, 0.1) is 5.41 Å². The second-order valence-corrected chi connectivity index (χ2v) is 13.6. The minimum Gasteiger partial charge on any atom is -0.193 e. The molecule has 0 fully saturated rings. The molecule has 1 aliphatic carbocycles. The third-order valence-electron chi connectivity index (χ3n) is 8.89. The maximum Gasteiger partial charge on any atom is 0.210 e. The molecule has 4 rings (SSSR count). The van der Waals surface area contributed by atoms with Crippen LogP contribution in [0.1, 0.15) is 112 Å². The molecular weight excluding hydrogens is 398 g/mol. The van der Waals surface area contributed by atoms with E-state index in [1.165, 1.54) is 11.3 Å². The Hall–Kier alpha value is -1.89. The Morgan fingerprint density at radius 1 is 0.727 bits per heavy atom. The fourth-order valence-electron chi connectivity index (χ4n) is 7.54. The first-order valence-electron chi connectivity index (χ1n) is 13.1. The number of nitrogens with zero attached hydrogens (tertiary/aromatic N) is 1. The monoisotopic (exact) mass is 444 g/mol. The van der Waals surface area contributed by atoms with Gasteiger partial charge in [-0.25, -0.2) is 0 Å². The molecule has 2 atom stereocenters. The minimum atomic E-state index is 0.0109. The summed E-state index contributed by atoms with van der Waals surface area (Å²) in [6.45, 7) is 24.4. The summed E-state index contributed by atoms with van der Waals surface area (Å²) in [7, 11) is 0. The molecule has 1 nitrogen and oxygen atoms in total. The molecule has 0 radical (unpaired) electrons. The van der Waals surface area contributed by atoms with Crippen LogP contribution < -0.4 is 4.57 Å². The second kappa shape index (κ2) is 7.56. The van der Waals surface area contributed by atoms with E-state index in [0.29, 0.717) is 0 Å². The number of hydrogen-bond donors (Lipinski definition) is 0. The summed E-state index contributed by atoms with van der Waals surface area (Å²) >= 11 is 0. The van der Waals surface area contributed by atoms with Crippen LogP contribution in [0.25, 0.3) is 11.1 Å². The van der Waals surface area contributed by atoms with Gasteiger partial charge in [-0.1, -0.05) is 79.7 Å². The van der Waals surface area contributed by atoms with E-state index >= 15 is 0 Å². The molecule has 1 aromatic carbocycles. The van der Waals surface area contributed by atoms with Gasteiger partial charge in [0, 0.05) is 36.5 Å². The Balaban J connectivity index is 2.21. The van der Waals surface area contributed by atoms with Crippen LogP contribution in [0, 0.1) is 16.2 Å². The second-order valence-electron chi connectivity index (χ2n) is 13.6. The zero-order chi connectivity index (χ0) is 24.4. The number of hydrogen-bond acceptors (Lipinski definition) is 0. The van der Waals surface area contributed by atoms with Crippen molar-refractivity contribution in [3.05, 3.63) is 65.5 Å². The van der Waals surface area contributed by atoms with Crippen LogP contribution in [0.4, 0.5) is 0 Å². The van der Waals surface area contributed by atoms with Crippen molar-refractivity contribution in [1.29, 1.82) is 0 Å². The predicted molar refractivity (Wildman–Crippen MR) is 142 cm³/mol. The highest BCUT2D eigenvalue weighted by molar-refractivity contribution is 6.03. The van der Waals surface area contributed by atoms with Crippen molar-refractivity contribution in [2.45, 2.75) is 106 Å². The Morgan fingerprint density at radius 3 is 1.85 bits per heavy atom. The van der Waals surface area contributed by atoms with E-state index in [1.807, 2.05) is 0 Å². The van der Waals surface area contributed by atoms with E-state index in [0.717, 1.165) is 25.7 Å². The number of fused-ring (bicyclic) bond motifs is 4. The zero-order valence-corrected chi connectivity index (χ0v) is 22.9. The summed E-state index contributed by atoms with van der Waals surface area (Å²) in [5.74, 6) is 0. The highest BCUT2D eigenvalue weighted by Gasteiger charge is 2.64. The lowest BCUT2D eigenvalue weighted by Gasteiger charge is -2.49. The maximum atomic E-state index is 2.65. The minimum absolute atomic E-state index is 0.0109. The highest BCUT2D eigenvalue weighted by Crippen LogP contribution is 2.67. The van der Waals surface area contributed by atoms with Crippen LogP contribution in [0.5, 0.6) is 0 Å². The maximum absolute atomic E-state index is 2.65. The van der Waals surface area contributed by atoms with Gasteiger partial charge in [0.1, 0.15) is 0 Å². The average Bonchev–Trinajstić information content (AvgIpc) is 2.99. The molecule has 1 aliphatic heterocycles. The average molecular weight is 445 g/mol. The van der Waals surface area contributed by atoms with E-state index in [1.54, 1.807) is 16.7 Å². The number of allylic oxidation sites excluding steroid dienone is 2. The van der Waals surface area contributed by atoms with Crippen molar-refractivity contribution in [1.82, 2.24) is 0 Å². The fourth-order valence-corrected chi connectivity index (χ4v) is 7.54. The normalized spacial score (nSPS) is 26.1. The van der Waals surface area contributed by atoms with Crippen LogP contribution in [0.3, 0.4) is 0 Å². The van der Waals surface area contributed by atoms with Crippen molar-refractivity contribution in [2.75, 3.05) is 0 Å². The van der Waals surface area contributed by atoms with Gasteiger partial charge < -0.3 is 0 Å². The van der Waals surface area contributed by atoms with Gasteiger partial charge in [-0.2, -0.15) is 4.57 Å². The SMILES string of the molecule is CCC1(C)C2=C(c3cccc[n+]3C1(C)CC)C(CC(C)(C)C)(CC(C)(C)C)c1ccccc12. The third kappa shape index (κ3) is 3.44. The molecule has 1 heteroatoms. The zero-order valence-electron chi connectivity index (χ0n) is 22.9. The predicted octanol–water partition coefficient (Wildman–Crippen LogP) is 8.56. The van der Waals surface area contributed by atoms with E-state index in [-0.39, 0.29) is 27.2 Å². The molecule has 2 aliphatic rings. The van der Waals surface area contributed by atoms with Gasteiger partial charge in [-0.3, -0.25) is 0 Å². The Morgan fingerprint density at radius 2 is 1.30 bits per heavy atom. The summed E-state index contributed by atoms with van der Waals surface area (Å²) < 4.78 is 2.65. The van der Waals surface area contributed by atoms with Crippen LogP contribution in [0.15, 0.2) is 48.7 Å². The van der Waals surface area contributed by atoms with E-state index in [2.05, 4.69) is 122 Å². The molecule has 0 amide bonds. The van der Waals surface area contributed by atoms with Crippen molar-refractivity contribution in [2.24, 2.45) is 16.2 Å². The molecule has 1 aromatic heterocycles. The Kier molecular flexibility index (Phi) is 5.55. The lowest BCUT2D eigenvalue weighted by molar-refractivity contribution is -0.778. The summed E-state index contributed by atoms with van der Waals surface area (Å²) in [5.41, 5.74) is 8.30. The van der Waals surface area contributed by atoms with Gasteiger partial charge >= 0.3 is 0 Å². The smallest absolute Gasteiger partial charge is 0.193 e. The molecule has 2 aromatic rings. The molecular formula is C32H46N+. The number of aromatic nitrogens is 1. The first kappa shape index (κ1) is 24.2. The standard InChI is InChI=1S/C32H46N/c1-11-30(9)26-23-17-13-14-18-24(23)32(21-28(3,4)5,22-29(6,7)8)27(26)25-19-15-16-20-33(25)31(30,10)12-2/h13-20H,11-12,21-22H2,1-10H3/q+1. The first-order valence-corrected chi connectivity index (χ1v) is 13.1. The molecule has 0 bridgehead atoms. The Labute approximate surface area is 203 Å². The molecule has 0 saturated heterocycles.